The van der Waals surface area contributed by atoms with Gasteiger partial charge in [-0.15, -0.1) is 37.2 Å². The molecule has 3 heterocycles. The number of rotatable bonds is 6. The molecule has 2 aliphatic rings. The average Bonchev–Trinajstić information content (AvgIpc) is 2.71. The van der Waals surface area contributed by atoms with E-state index in [-0.39, 0.29) is 37.2 Å². The van der Waals surface area contributed by atoms with E-state index >= 15 is 0 Å². The van der Waals surface area contributed by atoms with Crippen LogP contribution >= 0.6 is 37.2 Å². The Morgan fingerprint density at radius 1 is 1.17 bits per heavy atom. The molecular formula is C23H34Cl3N3O. The molecule has 0 saturated carbocycles. The molecule has 4 nitrogen and oxygen atoms in total. The van der Waals surface area contributed by atoms with Crippen LogP contribution in [0.3, 0.4) is 0 Å². The first-order valence-electron chi connectivity index (χ1n) is 10.4. The highest BCUT2D eigenvalue weighted by Gasteiger charge is 2.37. The summed E-state index contributed by atoms with van der Waals surface area (Å²) in [5.41, 5.74) is 10.4. The summed E-state index contributed by atoms with van der Waals surface area (Å²) in [6, 6.07) is 13.3. The van der Waals surface area contributed by atoms with Gasteiger partial charge in [-0.2, -0.15) is 0 Å². The molecule has 7 heteroatoms. The first-order valence-corrected chi connectivity index (χ1v) is 10.4. The lowest BCUT2D eigenvalue weighted by Crippen LogP contribution is -2.50. The van der Waals surface area contributed by atoms with E-state index in [1.54, 1.807) is 6.20 Å². The second-order valence-corrected chi connectivity index (χ2v) is 8.03. The number of fused-ring (bicyclic) bond motifs is 3. The zero-order chi connectivity index (χ0) is 18.6. The van der Waals surface area contributed by atoms with Crippen LogP contribution in [0.2, 0.25) is 0 Å². The van der Waals surface area contributed by atoms with Crippen LogP contribution in [0.5, 0.6) is 5.75 Å². The fourth-order valence-electron chi connectivity index (χ4n) is 4.62. The van der Waals surface area contributed by atoms with Crippen LogP contribution in [0, 0.1) is 5.92 Å². The molecule has 2 aliphatic heterocycles. The summed E-state index contributed by atoms with van der Waals surface area (Å²) in [6.45, 7) is 5.07. The van der Waals surface area contributed by atoms with Crippen molar-refractivity contribution in [1.29, 1.82) is 0 Å². The molecule has 3 unspecified atom stereocenters. The van der Waals surface area contributed by atoms with Crippen molar-refractivity contribution in [2.45, 2.75) is 57.7 Å². The minimum absolute atomic E-state index is 0. The summed E-state index contributed by atoms with van der Waals surface area (Å²) < 4.78 is 5.98. The molecular weight excluding hydrogens is 441 g/mol. The van der Waals surface area contributed by atoms with Gasteiger partial charge in [0.25, 0.3) is 0 Å². The Morgan fingerprint density at radius 2 is 2.00 bits per heavy atom. The van der Waals surface area contributed by atoms with E-state index in [0.717, 1.165) is 37.4 Å². The van der Waals surface area contributed by atoms with Gasteiger partial charge in [0.1, 0.15) is 12.4 Å². The number of piperidine rings is 1. The summed E-state index contributed by atoms with van der Waals surface area (Å²) in [5, 5.41) is 0. The number of nitrogens with zero attached hydrogens (tertiary/aromatic N) is 2. The van der Waals surface area contributed by atoms with Gasteiger partial charge in [-0.1, -0.05) is 31.9 Å². The predicted molar refractivity (Wildman–Crippen MR) is 130 cm³/mol. The number of hydrogen-bond acceptors (Lipinski definition) is 4. The summed E-state index contributed by atoms with van der Waals surface area (Å²) in [4.78, 5) is 6.99. The zero-order valence-corrected chi connectivity index (χ0v) is 20.0. The Morgan fingerprint density at radius 3 is 2.73 bits per heavy atom. The van der Waals surface area contributed by atoms with Gasteiger partial charge in [0.05, 0.1) is 5.69 Å². The lowest BCUT2D eigenvalue weighted by atomic mass is 9.79. The Bertz CT molecular complexity index is 763. The molecule has 0 radical (unpaired) electrons. The van der Waals surface area contributed by atoms with Crippen molar-refractivity contribution >= 4 is 37.2 Å². The molecule has 168 valence electrons. The lowest BCUT2D eigenvalue weighted by Gasteiger charge is -2.46. The first-order chi connectivity index (χ1) is 13.2. The van der Waals surface area contributed by atoms with Crippen molar-refractivity contribution in [3.63, 3.8) is 0 Å². The number of nitrogens with two attached hydrogens (primary N) is 1. The molecule has 1 aromatic heterocycles. The summed E-state index contributed by atoms with van der Waals surface area (Å²) in [6.07, 6.45) is 7.81. The smallest absolute Gasteiger partial charge is 0.130 e. The number of pyridine rings is 1. The fraction of sp³-hybridized carbons (Fsp3) is 0.522. The largest absolute Gasteiger partial charge is 0.487 e. The van der Waals surface area contributed by atoms with E-state index < -0.39 is 0 Å². The maximum absolute atomic E-state index is 6.57. The van der Waals surface area contributed by atoms with E-state index in [1.165, 1.54) is 30.4 Å². The van der Waals surface area contributed by atoms with E-state index in [1.807, 2.05) is 18.2 Å². The van der Waals surface area contributed by atoms with Crippen LogP contribution in [-0.2, 0) is 13.0 Å². The Kier molecular flexibility index (Phi) is 11.5. The number of aromatic nitrogens is 1. The Hall–Kier alpha value is -1.04. The van der Waals surface area contributed by atoms with Crippen LogP contribution in [0.25, 0.3) is 0 Å². The fourth-order valence-corrected chi connectivity index (χ4v) is 4.62. The molecule has 1 aromatic carbocycles. The summed E-state index contributed by atoms with van der Waals surface area (Å²) >= 11 is 0. The highest BCUT2D eigenvalue weighted by Crippen LogP contribution is 2.40. The lowest BCUT2D eigenvalue weighted by molar-refractivity contribution is 0.0785. The van der Waals surface area contributed by atoms with Crippen molar-refractivity contribution < 1.29 is 4.74 Å². The van der Waals surface area contributed by atoms with Crippen LogP contribution in [0.4, 0.5) is 0 Å². The quantitative estimate of drug-likeness (QED) is 0.612. The van der Waals surface area contributed by atoms with Crippen LogP contribution in [-0.4, -0.2) is 29.0 Å². The van der Waals surface area contributed by atoms with E-state index in [9.17, 15) is 0 Å². The van der Waals surface area contributed by atoms with Crippen LogP contribution in [0.1, 0.15) is 55.5 Å². The minimum atomic E-state index is 0. The van der Waals surface area contributed by atoms with Gasteiger partial charge in [0.15, 0.2) is 0 Å². The normalized spacial score (nSPS) is 22.4. The van der Waals surface area contributed by atoms with Crippen molar-refractivity contribution in [2.24, 2.45) is 11.7 Å². The van der Waals surface area contributed by atoms with Crippen LogP contribution in [0.15, 0.2) is 42.6 Å². The maximum atomic E-state index is 6.57. The zero-order valence-electron chi connectivity index (χ0n) is 17.5. The number of halogens is 3. The monoisotopic (exact) mass is 473 g/mol. The standard InChI is InChI=1S/C23H31N3O.3ClH/c1-2-3-6-18-15-26-12-10-17-13-20(27-16-19-7-4-5-11-25-19)8-9-21(17)23(26)14-22(18)24;;;/h4-5,7-9,11,13,18,22-23H,2-3,6,10,12,14-16,24H2,1H3;3*1H. The molecule has 1 fully saturated rings. The van der Waals surface area contributed by atoms with Gasteiger partial charge in [0, 0.05) is 31.4 Å². The Balaban J connectivity index is 0.00000150. The molecule has 0 aliphatic carbocycles. The molecule has 0 bridgehead atoms. The number of hydrogen-bond donors (Lipinski definition) is 1. The van der Waals surface area contributed by atoms with Crippen molar-refractivity contribution in [3.05, 3.63) is 59.4 Å². The molecule has 30 heavy (non-hydrogen) atoms. The minimum Gasteiger partial charge on any atom is -0.487 e. The van der Waals surface area contributed by atoms with E-state index in [2.05, 4.69) is 35.0 Å². The third-order valence-electron chi connectivity index (χ3n) is 6.19. The molecule has 4 rings (SSSR count). The maximum Gasteiger partial charge on any atom is 0.130 e. The van der Waals surface area contributed by atoms with Gasteiger partial charge in [-0.25, -0.2) is 0 Å². The first kappa shape index (κ1) is 27.0. The molecule has 3 atom stereocenters. The molecule has 0 amide bonds. The molecule has 2 aromatic rings. The summed E-state index contributed by atoms with van der Waals surface area (Å²) in [7, 11) is 0. The molecule has 2 N–H and O–H groups in total. The molecule has 0 spiro atoms. The number of ether oxygens (including phenoxy) is 1. The average molecular weight is 475 g/mol. The van der Waals surface area contributed by atoms with Gasteiger partial charge >= 0.3 is 0 Å². The SMILES string of the molecule is CCCCC1CN2CCc3cc(OCc4ccccn4)ccc3C2CC1N.Cl.Cl.Cl. The second-order valence-electron chi connectivity index (χ2n) is 8.03. The van der Waals surface area contributed by atoms with Crippen molar-refractivity contribution in [3.8, 4) is 5.75 Å². The van der Waals surface area contributed by atoms with Gasteiger partial charge in [-0.05, 0) is 60.6 Å². The highest BCUT2D eigenvalue weighted by atomic mass is 35.5. The van der Waals surface area contributed by atoms with Gasteiger partial charge in [0.2, 0.25) is 0 Å². The predicted octanol–water partition coefficient (Wildman–Crippen LogP) is 5.36. The van der Waals surface area contributed by atoms with Gasteiger partial charge in [-0.3, -0.25) is 9.88 Å². The van der Waals surface area contributed by atoms with Crippen LogP contribution < -0.4 is 10.5 Å². The topological polar surface area (TPSA) is 51.4 Å². The number of unbranched alkanes of at least 4 members (excludes halogenated alkanes) is 1. The summed E-state index contributed by atoms with van der Waals surface area (Å²) in [5.74, 6) is 1.59. The van der Waals surface area contributed by atoms with Gasteiger partial charge < -0.3 is 10.5 Å². The van der Waals surface area contributed by atoms with E-state index in [4.69, 9.17) is 10.5 Å². The van der Waals surface area contributed by atoms with E-state index in [0.29, 0.717) is 24.6 Å². The Labute approximate surface area is 199 Å². The second kappa shape index (κ2) is 12.7. The van der Waals surface area contributed by atoms with Crippen molar-refractivity contribution in [2.75, 3.05) is 13.1 Å². The molecule has 1 saturated heterocycles. The van der Waals surface area contributed by atoms with Crippen molar-refractivity contribution in [1.82, 2.24) is 9.88 Å². The third-order valence-corrected chi connectivity index (χ3v) is 6.19. The third kappa shape index (κ3) is 6.24. The highest BCUT2D eigenvalue weighted by molar-refractivity contribution is 5.86. The number of benzene rings is 1.